The molecule has 0 saturated heterocycles. The molecule has 1 rings (SSSR count). The zero-order chi connectivity index (χ0) is 12.6. The van der Waals surface area contributed by atoms with Gasteiger partial charge >= 0.3 is 0 Å². The third-order valence-corrected chi connectivity index (χ3v) is 2.27. The number of carbonyl (C=O) groups excluding carboxylic acids is 1. The van der Waals surface area contributed by atoms with Crippen LogP contribution in [0.4, 0.5) is 0 Å². The van der Waals surface area contributed by atoms with Crippen LogP contribution in [0.2, 0.25) is 0 Å². The number of hydrogen-bond donors (Lipinski definition) is 3. The molecule has 0 unspecified atom stereocenters. The lowest BCUT2D eigenvalue weighted by Crippen LogP contribution is -2.37. The van der Waals surface area contributed by atoms with Gasteiger partial charge in [-0.15, -0.1) is 0 Å². The minimum absolute atomic E-state index is 0.00750. The van der Waals surface area contributed by atoms with Gasteiger partial charge in [-0.1, -0.05) is 0 Å². The lowest BCUT2D eigenvalue weighted by molar-refractivity contribution is -0.102. The molecule has 0 aromatic heterocycles. The standard InChI is InChI=1S/C8H13N3O.C3H8O/c1-5-2-7(9)6(3-11-5)8(10)4-12;1-3-4-2/h4-5,10-11H,2-3,9H2,1H3;3H2,1-2H3/t5-;/m1./s1. The highest BCUT2D eigenvalue weighted by Crippen LogP contribution is 2.11. The van der Waals surface area contributed by atoms with Gasteiger partial charge in [0.15, 0.2) is 6.29 Å². The van der Waals surface area contributed by atoms with Crippen molar-refractivity contribution in [2.45, 2.75) is 26.3 Å². The van der Waals surface area contributed by atoms with Gasteiger partial charge in [-0.05, 0) is 13.8 Å². The van der Waals surface area contributed by atoms with E-state index in [1.54, 1.807) is 7.11 Å². The monoisotopic (exact) mass is 227 g/mol. The first kappa shape index (κ1) is 14.8. The maximum Gasteiger partial charge on any atom is 0.168 e. The number of nitrogens with two attached hydrogens (primary N) is 1. The first-order chi connectivity index (χ1) is 7.56. The predicted octanol–water partition coefficient (Wildman–Crippen LogP) is 0.452. The van der Waals surface area contributed by atoms with E-state index >= 15 is 0 Å². The zero-order valence-corrected chi connectivity index (χ0v) is 10.2. The van der Waals surface area contributed by atoms with Gasteiger partial charge in [0.2, 0.25) is 0 Å². The SMILES string of the molecule is CCOC.C[C@@H]1CC(N)=C(C(=N)C=O)CN1. The van der Waals surface area contributed by atoms with E-state index in [0.717, 1.165) is 6.61 Å². The first-order valence-corrected chi connectivity index (χ1v) is 5.30. The van der Waals surface area contributed by atoms with E-state index in [4.69, 9.17) is 11.1 Å². The van der Waals surface area contributed by atoms with E-state index in [-0.39, 0.29) is 5.71 Å². The Kier molecular flexibility index (Phi) is 7.41. The molecule has 5 nitrogen and oxygen atoms in total. The van der Waals surface area contributed by atoms with Crippen LogP contribution < -0.4 is 11.1 Å². The van der Waals surface area contributed by atoms with Crippen LogP contribution in [0.15, 0.2) is 11.3 Å². The molecule has 4 N–H and O–H groups in total. The minimum Gasteiger partial charge on any atom is -0.402 e. The van der Waals surface area contributed by atoms with E-state index < -0.39 is 0 Å². The summed E-state index contributed by atoms with van der Waals surface area (Å²) in [5, 5.41) is 10.4. The second-order valence-electron chi connectivity index (χ2n) is 3.60. The topological polar surface area (TPSA) is 88.2 Å². The Bertz CT molecular complexity index is 272. The van der Waals surface area contributed by atoms with Gasteiger partial charge in [0.05, 0.1) is 5.71 Å². The van der Waals surface area contributed by atoms with Crippen molar-refractivity contribution in [2.24, 2.45) is 5.73 Å². The van der Waals surface area contributed by atoms with Gasteiger partial charge in [-0.2, -0.15) is 0 Å². The van der Waals surface area contributed by atoms with Gasteiger partial charge in [-0.3, -0.25) is 10.2 Å². The fourth-order valence-electron chi connectivity index (χ4n) is 1.25. The number of methoxy groups -OCH3 is 1. The van der Waals surface area contributed by atoms with Crippen LogP contribution in [0, 0.1) is 5.41 Å². The summed E-state index contributed by atoms with van der Waals surface area (Å²) in [5.74, 6) is 0. The zero-order valence-electron chi connectivity index (χ0n) is 10.2. The summed E-state index contributed by atoms with van der Waals surface area (Å²) in [6, 6.07) is 0.341. The quantitative estimate of drug-likeness (QED) is 0.482. The number of rotatable bonds is 3. The van der Waals surface area contributed by atoms with Crippen molar-refractivity contribution in [1.82, 2.24) is 5.32 Å². The van der Waals surface area contributed by atoms with Crippen molar-refractivity contribution in [3.63, 3.8) is 0 Å². The molecule has 0 fully saturated rings. The predicted molar refractivity (Wildman–Crippen MR) is 64.6 cm³/mol. The highest BCUT2D eigenvalue weighted by Gasteiger charge is 2.17. The summed E-state index contributed by atoms with van der Waals surface area (Å²) in [7, 11) is 1.68. The van der Waals surface area contributed by atoms with Gasteiger partial charge in [0, 0.05) is 44.0 Å². The highest BCUT2D eigenvalue weighted by atomic mass is 16.5. The molecule has 0 spiro atoms. The molecule has 1 atom stereocenters. The molecule has 1 aliphatic rings. The van der Waals surface area contributed by atoms with E-state index in [1.807, 2.05) is 13.8 Å². The first-order valence-electron chi connectivity index (χ1n) is 5.30. The molecule has 5 heteroatoms. The molecule has 0 radical (unpaired) electrons. The molecule has 0 saturated carbocycles. The summed E-state index contributed by atoms with van der Waals surface area (Å²) in [6.45, 7) is 5.33. The molecule has 0 amide bonds. The molecule has 0 bridgehead atoms. The third-order valence-electron chi connectivity index (χ3n) is 2.27. The Morgan fingerprint density at radius 3 is 2.69 bits per heavy atom. The average Bonchev–Trinajstić information content (AvgIpc) is 2.28. The normalized spacial score (nSPS) is 19.8. The van der Waals surface area contributed by atoms with Crippen molar-refractivity contribution in [2.75, 3.05) is 20.3 Å². The number of carbonyl (C=O) groups is 1. The van der Waals surface area contributed by atoms with E-state index in [0.29, 0.717) is 36.6 Å². The Labute approximate surface area is 96.5 Å². The lowest BCUT2D eigenvalue weighted by Gasteiger charge is -2.23. The number of ether oxygens (including phenoxy) is 1. The maximum atomic E-state index is 10.3. The van der Waals surface area contributed by atoms with E-state index in [1.165, 1.54) is 0 Å². The Morgan fingerprint density at radius 2 is 2.31 bits per heavy atom. The molecule has 0 aliphatic carbocycles. The maximum absolute atomic E-state index is 10.3. The number of hydrogen-bond acceptors (Lipinski definition) is 5. The average molecular weight is 227 g/mol. The van der Waals surface area contributed by atoms with E-state index in [2.05, 4.69) is 10.1 Å². The molecule has 0 aromatic rings. The van der Waals surface area contributed by atoms with Crippen molar-refractivity contribution >= 4 is 12.0 Å². The molecule has 92 valence electrons. The number of aldehydes is 1. The van der Waals surface area contributed by atoms with Crippen molar-refractivity contribution in [3.05, 3.63) is 11.3 Å². The fourth-order valence-corrected chi connectivity index (χ4v) is 1.25. The van der Waals surface area contributed by atoms with Crippen LogP contribution in [0.25, 0.3) is 0 Å². The Morgan fingerprint density at radius 1 is 1.75 bits per heavy atom. The van der Waals surface area contributed by atoms with Crippen LogP contribution in [0.3, 0.4) is 0 Å². The molecule has 1 heterocycles. The molecule has 1 aliphatic heterocycles. The number of nitrogens with one attached hydrogen (secondary N) is 2. The minimum atomic E-state index is -0.00750. The summed E-state index contributed by atoms with van der Waals surface area (Å²) in [4.78, 5) is 10.3. The van der Waals surface area contributed by atoms with Crippen molar-refractivity contribution in [3.8, 4) is 0 Å². The van der Waals surface area contributed by atoms with Gasteiger partial charge in [0.25, 0.3) is 0 Å². The van der Waals surface area contributed by atoms with Crippen molar-refractivity contribution < 1.29 is 9.53 Å². The van der Waals surface area contributed by atoms with Gasteiger partial charge in [0.1, 0.15) is 0 Å². The highest BCUT2D eigenvalue weighted by molar-refractivity contribution is 6.35. The van der Waals surface area contributed by atoms with Gasteiger partial charge < -0.3 is 15.8 Å². The summed E-state index contributed by atoms with van der Waals surface area (Å²) in [5.41, 5.74) is 6.99. The smallest absolute Gasteiger partial charge is 0.168 e. The van der Waals surface area contributed by atoms with Crippen LogP contribution in [-0.4, -0.2) is 38.3 Å². The van der Waals surface area contributed by atoms with Crippen LogP contribution >= 0.6 is 0 Å². The second kappa shape index (κ2) is 8.01. The van der Waals surface area contributed by atoms with Gasteiger partial charge in [-0.25, -0.2) is 0 Å². The Balaban J connectivity index is 0.000000487. The summed E-state index contributed by atoms with van der Waals surface area (Å²) >= 11 is 0. The third kappa shape index (κ3) is 5.04. The molecular weight excluding hydrogens is 206 g/mol. The van der Waals surface area contributed by atoms with Crippen LogP contribution in [-0.2, 0) is 9.53 Å². The molecular formula is C11H21N3O2. The molecule has 0 aromatic carbocycles. The van der Waals surface area contributed by atoms with E-state index in [9.17, 15) is 4.79 Å². The second-order valence-corrected chi connectivity index (χ2v) is 3.60. The Hall–Kier alpha value is -1.20. The summed E-state index contributed by atoms with van der Waals surface area (Å²) in [6.07, 6.45) is 1.24. The fraction of sp³-hybridized carbons (Fsp3) is 0.636. The molecule has 16 heavy (non-hydrogen) atoms. The van der Waals surface area contributed by atoms with Crippen LogP contribution in [0.1, 0.15) is 20.3 Å². The summed E-state index contributed by atoms with van der Waals surface area (Å²) < 4.78 is 4.54. The lowest BCUT2D eigenvalue weighted by atomic mass is 10.00. The largest absolute Gasteiger partial charge is 0.402 e. The van der Waals surface area contributed by atoms with Crippen molar-refractivity contribution in [1.29, 1.82) is 5.41 Å². The van der Waals surface area contributed by atoms with Crippen LogP contribution in [0.5, 0.6) is 0 Å².